The van der Waals surface area contributed by atoms with E-state index in [1.165, 1.54) is 4.68 Å². The van der Waals surface area contributed by atoms with Crippen LogP contribution < -0.4 is 10.2 Å². The van der Waals surface area contributed by atoms with Gasteiger partial charge in [0.15, 0.2) is 5.76 Å². The van der Waals surface area contributed by atoms with Gasteiger partial charge in [0.1, 0.15) is 0 Å². The summed E-state index contributed by atoms with van der Waals surface area (Å²) in [5.41, 5.74) is 2.22. The number of carbonyl (C=O) groups excluding carboxylic acids is 1. The predicted molar refractivity (Wildman–Crippen MR) is 101 cm³/mol. The van der Waals surface area contributed by atoms with Crippen molar-refractivity contribution >= 4 is 17.5 Å². The van der Waals surface area contributed by atoms with E-state index in [0.29, 0.717) is 24.1 Å². The number of hydrogen-bond donors (Lipinski definition) is 1. The van der Waals surface area contributed by atoms with Crippen LogP contribution in [0.1, 0.15) is 24.2 Å². The van der Waals surface area contributed by atoms with E-state index in [-0.39, 0.29) is 11.8 Å². The highest BCUT2D eigenvalue weighted by Crippen LogP contribution is 2.20. The molecule has 3 rings (SSSR count). The molecule has 0 unspecified atom stereocenters. The summed E-state index contributed by atoms with van der Waals surface area (Å²) in [5, 5.41) is 7.53. The highest BCUT2D eigenvalue weighted by atomic mass is 16.3. The van der Waals surface area contributed by atoms with Crippen LogP contribution in [0.4, 0.5) is 11.6 Å². The van der Waals surface area contributed by atoms with Crippen LogP contribution in [0.5, 0.6) is 0 Å². The highest BCUT2D eigenvalue weighted by molar-refractivity contribution is 5.82. The van der Waals surface area contributed by atoms with Crippen LogP contribution in [0.2, 0.25) is 0 Å². The highest BCUT2D eigenvalue weighted by Gasteiger charge is 2.20. The first-order chi connectivity index (χ1) is 12.5. The number of benzene rings is 1. The number of nitrogens with one attached hydrogen (secondary N) is 1. The number of aromatic nitrogens is 3. The minimum Gasteiger partial charge on any atom is -0.461 e. The molecule has 0 spiro atoms. The molecule has 3 aromatic rings. The molecule has 26 heavy (non-hydrogen) atoms. The summed E-state index contributed by atoms with van der Waals surface area (Å²) < 4.78 is 6.66. The van der Waals surface area contributed by atoms with Crippen LogP contribution in [0.3, 0.4) is 0 Å². The Morgan fingerprint density at radius 3 is 2.54 bits per heavy atom. The molecule has 2 heterocycles. The van der Waals surface area contributed by atoms with E-state index in [1.807, 2.05) is 45.0 Å². The van der Waals surface area contributed by atoms with Gasteiger partial charge in [-0.15, -0.1) is 5.10 Å². The van der Waals surface area contributed by atoms with Crippen LogP contribution in [-0.2, 0) is 6.54 Å². The van der Waals surface area contributed by atoms with E-state index in [4.69, 9.17) is 4.42 Å². The van der Waals surface area contributed by atoms with E-state index < -0.39 is 0 Å². The Morgan fingerprint density at radius 1 is 1.23 bits per heavy atom. The first-order valence-corrected chi connectivity index (χ1v) is 8.51. The Labute approximate surface area is 152 Å². The summed E-state index contributed by atoms with van der Waals surface area (Å²) in [4.78, 5) is 18.9. The van der Waals surface area contributed by atoms with Gasteiger partial charge in [-0.3, -0.25) is 4.79 Å². The van der Waals surface area contributed by atoms with Crippen LogP contribution in [0.15, 0.2) is 47.1 Å². The van der Waals surface area contributed by atoms with Crippen molar-refractivity contribution in [1.82, 2.24) is 14.8 Å². The molecule has 0 amide bonds. The lowest BCUT2D eigenvalue weighted by Gasteiger charge is -2.13. The van der Waals surface area contributed by atoms with Gasteiger partial charge in [-0.2, -0.15) is 9.67 Å². The standard InChI is InChI=1S/C19H23N5O2/c1-13(2)18(25)24-19(21-17(22-24)16-6-5-11-26-16)20-12-14-7-9-15(10-8-14)23(3)4/h5-11,13H,12H2,1-4H3,(H,20,21,22). The van der Waals surface area contributed by atoms with Crippen LogP contribution in [0, 0.1) is 5.92 Å². The van der Waals surface area contributed by atoms with Crippen molar-refractivity contribution in [2.45, 2.75) is 20.4 Å². The monoisotopic (exact) mass is 353 g/mol. The van der Waals surface area contributed by atoms with Gasteiger partial charge in [0.25, 0.3) is 5.91 Å². The van der Waals surface area contributed by atoms with Crippen LogP contribution in [-0.4, -0.2) is 34.8 Å². The zero-order valence-corrected chi connectivity index (χ0v) is 15.4. The van der Waals surface area contributed by atoms with Gasteiger partial charge in [0, 0.05) is 32.2 Å². The summed E-state index contributed by atoms with van der Waals surface area (Å²) in [5.74, 6) is 1.00. The van der Waals surface area contributed by atoms with Crippen molar-refractivity contribution in [3.05, 3.63) is 48.2 Å². The molecule has 0 aliphatic rings. The molecule has 2 aromatic heterocycles. The van der Waals surface area contributed by atoms with E-state index in [0.717, 1.165) is 11.3 Å². The SMILES string of the molecule is CC(C)C(=O)n1nc(-c2ccco2)nc1NCc1ccc(N(C)C)cc1. The van der Waals surface area contributed by atoms with E-state index in [1.54, 1.807) is 18.4 Å². The maximum absolute atomic E-state index is 12.5. The van der Waals surface area contributed by atoms with Crippen LogP contribution in [0.25, 0.3) is 11.6 Å². The Kier molecular flexibility index (Phi) is 5.06. The Bertz CT molecular complexity index is 864. The van der Waals surface area contributed by atoms with Crippen molar-refractivity contribution in [3.63, 3.8) is 0 Å². The second kappa shape index (κ2) is 7.43. The van der Waals surface area contributed by atoms with Gasteiger partial charge in [0.2, 0.25) is 11.8 Å². The average Bonchev–Trinajstić information content (AvgIpc) is 3.29. The molecule has 1 aromatic carbocycles. The lowest BCUT2D eigenvalue weighted by molar-refractivity contribution is 0.0841. The fourth-order valence-corrected chi connectivity index (χ4v) is 2.43. The van der Waals surface area contributed by atoms with Gasteiger partial charge >= 0.3 is 0 Å². The van der Waals surface area contributed by atoms with Gasteiger partial charge in [0.05, 0.1) is 6.26 Å². The molecule has 0 atom stereocenters. The topological polar surface area (TPSA) is 76.2 Å². The van der Waals surface area contributed by atoms with Gasteiger partial charge in [-0.05, 0) is 29.8 Å². The Balaban J connectivity index is 1.82. The summed E-state index contributed by atoms with van der Waals surface area (Å²) >= 11 is 0. The summed E-state index contributed by atoms with van der Waals surface area (Å²) in [7, 11) is 4.01. The van der Waals surface area contributed by atoms with Gasteiger partial charge in [-0.1, -0.05) is 26.0 Å². The molecule has 136 valence electrons. The van der Waals surface area contributed by atoms with Crippen molar-refractivity contribution in [3.8, 4) is 11.6 Å². The third-order valence-corrected chi connectivity index (χ3v) is 3.95. The minimum absolute atomic E-state index is 0.124. The molecule has 0 radical (unpaired) electrons. The van der Waals surface area contributed by atoms with Crippen molar-refractivity contribution in [1.29, 1.82) is 0 Å². The zero-order chi connectivity index (χ0) is 18.7. The van der Waals surface area contributed by atoms with Crippen molar-refractivity contribution in [2.75, 3.05) is 24.3 Å². The van der Waals surface area contributed by atoms with Crippen LogP contribution >= 0.6 is 0 Å². The number of anilines is 2. The maximum atomic E-state index is 12.5. The molecule has 1 N–H and O–H groups in total. The number of furan rings is 1. The normalized spacial score (nSPS) is 11.0. The Hall–Kier alpha value is -3.09. The molecule has 7 heteroatoms. The lowest BCUT2D eigenvalue weighted by atomic mass is 10.2. The third kappa shape index (κ3) is 3.77. The first kappa shape index (κ1) is 17.7. The fraction of sp³-hybridized carbons (Fsp3) is 0.316. The molecule has 0 fully saturated rings. The average molecular weight is 353 g/mol. The summed E-state index contributed by atoms with van der Waals surface area (Å²) in [6.45, 7) is 4.20. The fourth-order valence-electron chi connectivity index (χ4n) is 2.43. The molecule has 0 saturated heterocycles. The maximum Gasteiger partial charge on any atom is 0.252 e. The number of rotatable bonds is 6. The van der Waals surface area contributed by atoms with Gasteiger partial charge < -0.3 is 14.6 Å². The third-order valence-electron chi connectivity index (χ3n) is 3.95. The van der Waals surface area contributed by atoms with E-state index in [2.05, 4.69) is 27.5 Å². The molecule has 0 saturated carbocycles. The Morgan fingerprint density at radius 2 is 1.96 bits per heavy atom. The predicted octanol–water partition coefficient (Wildman–Crippen LogP) is 3.51. The van der Waals surface area contributed by atoms with E-state index in [9.17, 15) is 4.79 Å². The molecular formula is C19H23N5O2. The summed E-state index contributed by atoms with van der Waals surface area (Å²) in [6, 6.07) is 11.7. The molecule has 7 nitrogen and oxygen atoms in total. The quantitative estimate of drug-likeness (QED) is 0.731. The second-order valence-electron chi connectivity index (χ2n) is 6.56. The number of carbonyl (C=O) groups is 1. The van der Waals surface area contributed by atoms with Gasteiger partial charge in [-0.25, -0.2) is 0 Å². The minimum atomic E-state index is -0.193. The van der Waals surface area contributed by atoms with Crippen molar-refractivity contribution in [2.24, 2.45) is 5.92 Å². The zero-order valence-electron chi connectivity index (χ0n) is 15.4. The number of hydrogen-bond acceptors (Lipinski definition) is 6. The molecule has 0 aliphatic heterocycles. The second-order valence-corrected chi connectivity index (χ2v) is 6.56. The first-order valence-electron chi connectivity index (χ1n) is 8.51. The summed E-state index contributed by atoms with van der Waals surface area (Å²) in [6.07, 6.45) is 1.56. The number of nitrogens with zero attached hydrogens (tertiary/aromatic N) is 4. The largest absolute Gasteiger partial charge is 0.461 e. The van der Waals surface area contributed by atoms with Crippen molar-refractivity contribution < 1.29 is 9.21 Å². The smallest absolute Gasteiger partial charge is 0.252 e. The molecular weight excluding hydrogens is 330 g/mol. The lowest BCUT2D eigenvalue weighted by Crippen LogP contribution is -2.21. The molecule has 0 bridgehead atoms. The molecule has 0 aliphatic carbocycles. The van der Waals surface area contributed by atoms with E-state index >= 15 is 0 Å².